The third kappa shape index (κ3) is 3.38. The molecule has 8 nitrogen and oxygen atoms in total. The molecule has 0 atom stereocenters. The molecule has 1 aromatic carbocycles. The number of hydrogen-bond donors (Lipinski definition) is 1. The van der Waals surface area contributed by atoms with Crippen LogP contribution in [0.5, 0.6) is 0 Å². The van der Waals surface area contributed by atoms with Crippen molar-refractivity contribution < 1.29 is 4.79 Å². The second-order valence-corrected chi connectivity index (χ2v) is 7.86. The van der Waals surface area contributed by atoms with E-state index in [-0.39, 0.29) is 17.1 Å². The van der Waals surface area contributed by atoms with Gasteiger partial charge in [-0.25, -0.2) is 10.1 Å². The second-order valence-electron chi connectivity index (χ2n) is 6.92. The number of benzene rings is 1. The van der Waals surface area contributed by atoms with Crippen LogP contribution >= 0.6 is 11.8 Å². The first-order chi connectivity index (χ1) is 13.9. The van der Waals surface area contributed by atoms with Crippen LogP contribution in [-0.4, -0.2) is 40.8 Å². The number of hydrogen-bond acceptors (Lipinski definition) is 6. The summed E-state index contributed by atoms with van der Waals surface area (Å²) in [6.07, 6.45) is 1.43. The Balaban J connectivity index is 1.61. The average molecular weight is 408 g/mol. The number of nitrogens with zero attached hydrogens (tertiary/aromatic N) is 5. The van der Waals surface area contributed by atoms with E-state index >= 15 is 0 Å². The number of thioether (sulfide) groups is 1. The molecule has 0 aliphatic rings. The normalized spacial score (nSPS) is 11.3. The van der Waals surface area contributed by atoms with Gasteiger partial charge < -0.3 is 0 Å². The van der Waals surface area contributed by atoms with Crippen molar-refractivity contribution in [3.8, 4) is 5.95 Å². The fourth-order valence-corrected chi connectivity index (χ4v) is 4.23. The third-order valence-electron chi connectivity index (χ3n) is 4.87. The molecule has 3 aromatic heterocycles. The molecule has 0 spiro atoms. The van der Waals surface area contributed by atoms with Crippen LogP contribution in [0.25, 0.3) is 16.9 Å². The van der Waals surface area contributed by atoms with Gasteiger partial charge in [-0.1, -0.05) is 23.4 Å². The topological polar surface area (TPSA) is 98.5 Å². The van der Waals surface area contributed by atoms with Crippen LogP contribution in [0, 0.1) is 20.8 Å². The van der Waals surface area contributed by atoms with Crippen molar-refractivity contribution in [2.24, 2.45) is 7.05 Å². The van der Waals surface area contributed by atoms with Crippen molar-refractivity contribution in [1.29, 1.82) is 0 Å². The lowest BCUT2D eigenvalue weighted by Gasteiger charge is -2.09. The summed E-state index contributed by atoms with van der Waals surface area (Å²) < 4.78 is 3.36. The van der Waals surface area contributed by atoms with Crippen molar-refractivity contribution in [2.75, 3.05) is 5.75 Å². The SMILES string of the molecule is Cc1ccc2nc(SCC(=O)c3cc(C)n(-c4ncn[nH]4)c3C)n(C)c(=O)c2c1. The Labute approximate surface area is 171 Å². The van der Waals surface area contributed by atoms with E-state index in [1.165, 1.54) is 22.7 Å². The molecule has 4 rings (SSSR count). The first kappa shape index (κ1) is 19.1. The van der Waals surface area contributed by atoms with E-state index in [0.29, 0.717) is 27.6 Å². The summed E-state index contributed by atoms with van der Waals surface area (Å²) in [5.74, 6) is 0.714. The highest BCUT2D eigenvalue weighted by Crippen LogP contribution is 2.23. The molecule has 0 saturated carbocycles. The van der Waals surface area contributed by atoms with Gasteiger partial charge in [0, 0.05) is 24.0 Å². The number of aromatic nitrogens is 6. The Kier molecular flexibility index (Phi) is 4.83. The van der Waals surface area contributed by atoms with Crippen LogP contribution < -0.4 is 5.56 Å². The van der Waals surface area contributed by atoms with Gasteiger partial charge in [0.15, 0.2) is 10.9 Å². The highest BCUT2D eigenvalue weighted by Gasteiger charge is 2.19. The zero-order valence-electron chi connectivity index (χ0n) is 16.6. The molecule has 148 valence electrons. The first-order valence-corrected chi connectivity index (χ1v) is 10.0. The van der Waals surface area contributed by atoms with Crippen LogP contribution in [0.4, 0.5) is 0 Å². The van der Waals surface area contributed by atoms with Crippen LogP contribution in [0.2, 0.25) is 0 Å². The van der Waals surface area contributed by atoms with Crippen LogP contribution in [0.1, 0.15) is 27.3 Å². The molecule has 29 heavy (non-hydrogen) atoms. The Morgan fingerprint density at radius 1 is 1.21 bits per heavy atom. The van der Waals surface area contributed by atoms with Crippen molar-refractivity contribution in [3.05, 3.63) is 63.5 Å². The van der Waals surface area contributed by atoms with E-state index in [1.807, 2.05) is 49.6 Å². The number of aromatic amines is 1. The number of rotatable bonds is 5. The lowest BCUT2D eigenvalue weighted by molar-refractivity contribution is 0.102. The third-order valence-corrected chi connectivity index (χ3v) is 5.90. The predicted molar refractivity (Wildman–Crippen MR) is 112 cm³/mol. The number of Topliss-reactive ketones (excluding diaryl/α,β-unsaturated/α-hetero) is 1. The summed E-state index contributed by atoms with van der Waals surface area (Å²) in [4.78, 5) is 34.3. The van der Waals surface area contributed by atoms with Crippen LogP contribution in [-0.2, 0) is 7.05 Å². The van der Waals surface area contributed by atoms with E-state index in [9.17, 15) is 9.59 Å². The molecule has 0 unspecified atom stereocenters. The quantitative estimate of drug-likeness (QED) is 0.310. The van der Waals surface area contributed by atoms with Gasteiger partial charge in [-0.05, 0) is 39.0 Å². The molecule has 0 radical (unpaired) electrons. The van der Waals surface area contributed by atoms with Gasteiger partial charge in [-0.2, -0.15) is 10.1 Å². The van der Waals surface area contributed by atoms with Gasteiger partial charge in [0.25, 0.3) is 5.56 Å². The van der Waals surface area contributed by atoms with E-state index in [0.717, 1.165) is 17.0 Å². The molecular formula is C20H20N6O2S. The zero-order chi connectivity index (χ0) is 20.7. The molecule has 3 heterocycles. The molecule has 0 amide bonds. The molecule has 9 heteroatoms. The maximum Gasteiger partial charge on any atom is 0.261 e. The number of ketones is 1. The Morgan fingerprint density at radius 3 is 2.72 bits per heavy atom. The number of H-pyrrole nitrogens is 1. The highest BCUT2D eigenvalue weighted by atomic mass is 32.2. The van der Waals surface area contributed by atoms with Crippen LogP contribution in [0.15, 0.2) is 40.5 Å². The summed E-state index contributed by atoms with van der Waals surface area (Å²) in [6, 6.07) is 7.44. The van der Waals surface area contributed by atoms with Crippen molar-refractivity contribution in [1.82, 2.24) is 29.3 Å². The predicted octanol–water partition coefficient (Wildman–Crippen LogP) is 2.74. The fourth-order valence-electron chi connectivity index (χ4n) is 3.38. The number of aryl methyl sites for hydroxylation is 2. The summed E-state index contributed by atoms with van der Waals surface area (Å²) in [5.41, 5.74) is 3.83. The minimum atomic E-state index is -0.114. The largest absolute Gasteiger partial charge is 0.293 e. The number of fused-ring (bicyclic) bond motifs is 1. The number of carbonyl (C=O) groups is 1. The lowest BCUT2D eigenvalue weighted by atomic mass is 10.2. The molecule has 0 fully saturated rings. The summed E-state index contributed by atoms with van der Waals surface area (Å²) in [5, 5.41) is 7.79. The molecule has 0 bridgehead atoms. The Hall–Kier alpha value is -3.20. The van der Waals surface area contributed by atoms with E-state index < -0.39 is 0 Å². The van der Waals surface area contributed by atoms with Gasteiger partial charge in [0.1, 0.15) is 6.33 Å². The summed E-state index contributed by atoms with van der Waals surface area (Å²) >= 11 is 1.26. The molecule has 1 N–H and O–H groups in total. The Morgan fingerprint density at radius 2 is 2.00 bits per heavy atom. The van der Waals surface area contributed by atoms with Crippen molar-refractivity contribution in [3.63, 3.8) is 0 Å². The molecule has 0 aliphatic heterocycles. The molecular weight excluding hydrogens is 388 g/mol. The highest BCUT2D eigenvalue weighted by molar-refractivity contribution is 7.99. The monoisotopic (exact) mass is 408 g/mol. The van der Waals surface area contributed by atoms with E-state index in [4.69, 9.17) is 0 Å². The summed E-state index contributed by atoms with van der Waals surface area (Å²) in [7, 11) is 1.68. The number of nitrogens with one attached hydrogen (secondary N) is 1. The maximum absolute atomic E-state index is 12.9. The first-order valence-electron chi connectivity index (χ1n) is 9.05. The van der Waals surface area contributed by atoms with Crippen molar-refractivity contribution >= 4 is 28.4 Å². The molecule has 0 aliphatic carbocycles. The maximum atomic E-state index is 12.9. The fraction of sp³-hybridized carbons (Fsp3) is 0.250. The van der Waals surface area contributed by atoms with Gasteiger partial charge in [-0.15, -0.1) is 0 Å². The van der Waals surface area contributed by atoms with Gasteiger partial charge in [0.05, 0.1) is 16.7 Å². The van der Waals surface area contributed by atoms with Gasteiger partial charge >= 0.3 is 0 Å². The van der Waals surface area contributed by atoms with E-state index in [2.05, 4.69) is 20.2 Å². The van der Waals surface area contributed by atoms with Gasteiger partial charge in [-0.3, -0.25) is 18.7 Å². The summed E-state index contributed by atoms with van der Waals surface area (Å²) in [6.45, 7) is 5.73. The number of carbonyl (C=O) groups excluding carboxylic acids is 1. The average Bonchev–Trinajstić information content (AvgIpc) is 3.31. The molecule has 4 aromatic rings. The Bertz CT molecular complexity index is 1290. The lowest BCUT2D eigenvalue weighted by Crippen LogP contribution is -2.20. The van der Waals surface area contributed by atoms with E-state index in [1.54, 1.807) is 7.05 Å². The molecule has 0 saturated heterocycles. The standard InChI is InChI=1S/C20H20N6O2S/c1-11-5-6-16-15(7-11)18(28)25(4)20(23-16)29-9-17(27)14-8-12(2)26(13(14)3)19-21-10-22-24-19/h5-8,10H,9H2,1-4H3,(H,21,22,24). The minimum Gasteiger partial charge on any atom is -0.293 e. The minimum absolute atomic E-state index is 0.0351. The van der Waals surface area contributed by atoms with Crippen molar-refractivity contribution in [2.45, 2.75) is 25.9 Å². The smallest absolute Gasteiger partial charge is 0.261 e. The zero-order valence-corrected chi connectivity index (χ0v) is 17.4. The van der Waals surface area contributed by atoms with Crippen LogP contribution in [0.3, 0.4) is 0 Å². The second kappa shape index (κ2) is 7.32. The van der Waals surface area contributed by atoms with Gasteiger partial charge in [0.2, 0.25) is 5.95 Å².